The number of methoxy groups -OCH3 is 1. The molecule has 1 atom stereocenters. The van der Waals surface area contributed by atoms with Gasteiger partial charge in [-0.1, -0.05) is 0 Å². The molecule has 2 bridgehead atoms. The van der Waals surface area contributed by atoms with Crippen LogP contribution in [0, 0.1) is 17.3 Å². The number of esters is 1. The molecule has 3 aliphatic carbocycles. The molecule has 0 aliphatic heterocycles. The quantitative estimate of drug-likeness (QED) is 0.640. The van der Waals surface area contributed by atoms with Crippen molar-refractivity contribution in [2.24, 2.45) is 17.3 Å². The van der Waals surface area contributed by atoms with Crippen LogP contribution in [0.5, 0.6) is 0 Å². The Morgan fingerprint density at radius 2 is 2.00 bits per heavy atom. The number of aliphatic carboxylic acids is 1. The zero-order chi connectivity index (χ0) is 9.64. The number of hydrogen-bond acceptors (Lipinski definition) is 3. The Hall–Kier alpha value is -1.06. The van der Waals surface area contributed by atoms with Crippen molar-refractivity contribution in [2.75, 3.05) is 7.11 Å². The maximum Gasteiger partial charge on any atom is 0.309 e. The highest BCUT2D eigenvalue weighted by atomic mass is 16.5. The zero-order valence-corrected chi connectivity index (χ0v) is 7.45. The molecule has 3 aliphatic rings. The van der Waals surface area contributed by atoms with Crippen LogP contribution in [-0.2, 0) is 14.3 Å². The van der Waals surface area contributed by atoms with Gasteiger partial charge in [0.05, 0.1) is 18.4 Å². The fourth-order valence-corrected chi connectivity index (χ4v) is 2.67. The standard InChI is InChI=1S/C9H12O4/c1-13-7(10)6-4-9(8(11)12)2-5(6)3-9/h5-6H,2-4H2,1H3,(H,11,12). The van der Waals surface area contributed by atoms with Gasteiger partial charge in [-0.2, -0.15) is 0 Å². The molecule has 4 heteroatoms. The summed E-state index contributed by atoms with van der Waals surface area (Å²) in [6.45, 7) is 0. The average molecular weight is 184 g/mol. The SMILES string of the molecule is COC(=O)C1CC2(C(=O)O)CC1C2. The second-order valence-electron chi connectivity index (χ2n) is 4.09. The first-order valence-electron chi connectivity index (χ1n) is 4.40. The Bertz CT molecular complexity index is 265. The predicted molar refractivity (Wildman–Crippen MR) is 42.9 cm³/mol. The Morgan fingerprint density at radius 3 is 2.38 bits per heavy atom. The third kappa shape index (κ3) is 0.975. The summed E-state index contributed by atoms with van der Waals surface area (Å²) in [5, 5.41) is 8.93. The molecule has 0 amide bonds. The molecular weight excluding hydrogens is 172 g/mol. The van der Waals surface area contributed by atoms with E-state index in [0.717, 1.165) is 0 Å². The van der Waals surface area contributed by atoms with Gasteiger partial charge in [-0.05, 0) is 25.2 Å². The minimum absolute atomic E-state index is 0.166. The lowest BCUT2D eigenvalue weighted by Gasteiger charge is -2.33. The topological polar surface area (TPSA) is 63.6 Å². The van der Waals surface area contributed by atoms with Gasteiger partial charge in [-0.15, -0.1) is 0 Å². The maximum absolute atomic E-state index is 11.2. The van der Waals surface area contributed by atoms with E-state index >= 15 is 0 Å². The molecule has 0 aromatic heterocycles. The second-order valence-corrected chi connectivity index (χ2v) is 4.09. The Labute approximate surface area is 75.9 Å². The molecule has 0 heterocycles. The van der Waals surface area contributed by atoms with Crippen molar-refractivity contribution in [3.63, 3.8) is 0 Å². The molecule has 3 saturated carbocycles. The van der Waals surface area contributed by atoms with E-state index in [1.165, 1.54) is 7.11 Å². The molecule has 0 aromatic rings. The Kier molecular flexibility index (Phi) is 1.62. The lowest BCUT2D eigenvalue weighted by molar-refractivity contribution is -0.153. The number of ether oxygens (including phenoxy) is 1. The number of carboxylic acid groups (broad SMARTS) is 1. The monoisotopic (exact) mass is 184 g/mol. The molecule has 1 N–H and O–H groups in total. The largest absolute Gasteiger partial charge is 0.481 e. The first-order chi connectivity index (χ1) is 6.09. The van der Waals surface area contributed by atoms with Crippen molar-refractivity contribution in [3.05, 3.63) is 0 Å². The third-order valence-corrected chi connectivity index (χ3v) is 3.44. The van der Waals surface area contributed by atoms with E-state index in [9.17, 15) is 9.59 Å². The first-order valence-corrected chi connectivity index (χ1v) is 4.40. The van der Waals surface area contributed by atoms with E-state index in [1.807, 2.05) is 0 Å². The number of carbonyl (C=O) groups is 2. The van der Waals surface area contributed by atoms with Crippen molar-refractivity contribution in [1.82, 2.24) is 0 Å². The van der Waals surface area contributed by atoms with E-state index in [0.29, 0.717) is 19.3 Å². The minimum Gasteiger partial charge on any atom is -0.481 e. The summed E-state index contributed by atoms with van der Waals surface area (Å²) in [5.41, 5.74) is -0.594. The lowest BCUT2D eigenvalue weighted by Crippen LogP contribution is -2.36. The van der Waals surface area contributed by atoms with E-state index in [4.69, 9.17) is 5.11 Å². The summed E-state index contributed by atoms with van der Waals surface area (Å²) in [7, 11) is 1.35. The van der Waals surface area contributed by atoms with Crippen LogP contribution in [0.3, 0.4) is 0 Å². The van der Waals surface area contributed by atoms with Gasteiger partial charge < -0.3 is 9.84 Å². The van der Waals surface area contributed by atoms with E-state index in [1.54, 1.807) is 0 Å². The molecule has 4 nitrogen and oxygen atoms in total. The van der Waals surface area contributed by atoms with Crippen molar-refractivity contribution in [2.45, 2.75) is 19.3 Å². The van der Waals surface area contributed by atoms with E-state index in [2.05, 4.69) is 4.74 Å². The van der Waals surface area contributed by atoms with Gasteiger partial charge in [0.2, 0.25) is 0 Å². The zero-order valence-electron chi connectivity index (χ0n) is 7.45. The van der Waals surface area contributed by atoms with Crippen LogP contribution in [0.25, 0.3) is 0 Å². The molecule has 0 saturated heterocycles. The van der Waals surface area contributed by atoms with Crippen LogP contribution in [-0.4, -0.2) is 24.2 Å². The van der Waals surface area contributed by atoms with E-state index in [-0.39, 0.29) is 17.8 Å². The number of carbonyl (C=O) groups excluding carboxylic acids is 1. The van der Waals surface area contributed by atoms with E-state index < -0.39 is 11.4 Å². The van der Waals surface area contributed by atoms with Crippen LogP contribution in [0.1, 0.15) is 19.3 Å². The second kappa shape index (κ2) is 2.47. The number of rotatable bonds is 2. The highest BCUT2D eigenvalue weighted by Gasteiger charge is 2.62. The number of fused-ring (bicyclic) bond motifs is 1. The van der Waals surface area contributed by atoms with Crippen LogP contribution in [0.15, 0.2) is 0 Å². The molecular formula is C9H12O4. The third-order valence-electron chi connectivity index (χ3n) is 3.44. The molecule has 0 radical (unpaired) electrons. The van der Waals surface area contributed by atoms with Crippen LogP contribution in [0.2, 0.25) is 0 Å². The van der Waals surface area contributed by atoms with Crippen LogP contribution in [0.4, 0.5) is 0 Å². The number of hydrogen-bond donors (Lipinski definition) is 1. The summed E-state index contributed by atoms with van der Waals surface area (Å²) >= 11 is 0. The normalized spacial score (nSPS) is 41.0. The van der Waals surface area contributed by atoms with Gasteiger partial charge in [0.15, 0.2) is 0 Å². The van der Waals surface area contributed by atoms with Gasteiger partial charge in [0, 0.05) is 0 Å². The van der Waals surface area contributed by atoms with Gasteiger partial charge in [-0.25, -0.2) is 0 Å². The van der Waals surface area contributed by atoms with Crippen LogP contribution < -0.4 is 0 Å². The molecule has 13 heavy (non-hydrogen) atoms. The van der Waals surface area contributed by atoms with Crippen molar-refractivity contribution in [1.29, 1.82) is 0 Å². The summed E-state index contributed by atoms with van der Waals surface area (Å²) in [4.78, 5) is 22.1. The molecule has 3 fully saturated rings. The Balaban J connectivity index is 2.09. The summed E-state index contributed by atoms with van der Waals surface area (Å²) < 4.78 is 4.62. The van der Waals surface area contributed by atoms with Crippen molar-refractivity contribution >= 4 is 11.9 Å². The van der Waals surface area contributed by atoms with Gasteiger partial charge in [0.1, 0.15) is 0 Å². The average Bonchev–Trinajstić information content (AvgIpc) is 2.55. The molecule has 3 rings (SSSR count). The maximum atomic E-state index is 11.2. The lowest BCUT2D eigenvalue weighted by atomic mass is 9.69. The number of carboxylic acids is 1. The van der Waals surface area contributed by atoms with Crippen LogP contribution >= 0.6 is 0 Å². The summed E-state index contributed by atoms with van der Waals surface area (Å²) in [6.07, 6.45) is 1.78. The molecule has 72 valence electrons. The molecule has 0 spiro atoms. The fourth-order valence-electron chi connectivity index (χ4n) is 2.67. The van der Waals surface area contributed by atoms with Crippen molar-refractivity contribution in [3.8, 4) is 0 Å². The Morgan fingerprint density at radius 1 is 1.38 bits per heavy atom. The minimum atomic E-state index is -0.754. The molecule has 0 aromatic carbocycles. The van der Waals surface area contributed by atoms with Crippen molar-refractivity contribution < 1.29 is 19.4 Å². The predicted octanol–water partition coefficient (Wildman–Crippen LogP) is 0.660. The highest BCUT2D eigenvalue weighted by Crippen LogP contribution is 2.62. The summed E-state index contributed by atoms with van der Waals surface area (Å²) in [5.74, 6) is -0.912. The smallest absolute Gasteiger partial charge is 0.309 e. The fraction of sp³-hybridized carbons (Fsp3) is 0.778. The van der Waals surface area contributed by atoms with Gasteiger partial charge in [0.25, 0.3) is 0 Å². The highest BCUT2D eigenvalue weighted by molar-refractivity contribution is 5.82. The summed E-state index contributed by atoms with van der Waals surface area (Å²) in [6, 6.07) is 0. The van der Waals surface area contributed by atoms with Gasteiger partial charge >= 0.3 is 11.9 Å². The first kappa shape index (κ1) is 8.53. The molecule has 1 unspecified atom stereocenters. The van der Waals surface area contributed by atoms with Gasteiger partial charge in [-0.3, -0.25) is 9.59 Å².